The Morgan fingerprint density at radius 2 is 1.81 bits per heavy atom. The summed E-state index contributed by atoms with van der Waals surface area (Å²) in [7, 11) is 3.35. The topological polar surface area (TPSA) is 56.3 Å². The fourth-order valence-electron chi connectivity index (χ4n) is 3.57. The van der Waals surface area contributed by atoms with E-state index in [4.69, 9.17) is 9.47 Å². The fraction of sp³-hybridized carbons (Fsp3) is 0.238. The number of nitrogens with zero attached hydrogens (tertiary/aromatic N) is 2. The molecule has 0 aliphatic carbocycles. The summed E-state index contributed by atoms with van der Waals surface area (Å²) < 4.78 is 10.9. The third kappa shape index (κ3) is 3.02. The average Bonchev–Trinajstić information content (AvgIpc) is 2.73. The lowest BCUT2D eigenvalue weighted by molar-refractivity contribution is 0.370. The van der Waals surface area contributed by atoms with Gasteiger partial charge in [0, 0.05) is 24.0 Å². The van der Waals surface area contributed by atoms with Crippen LogP contribution in [-0.2, 0) is 6.42 Å². The first-order valence-electron chi connectivity index (χ1n) is 8.63. The van der Waals surface area contributed by atoms with Gasteiger partial charge in [-0.3, -0.25) is 10.3 Å². The summed E-state index contributed by atoms with van der Waals surface area (Å²) >= 11 is 0. The summed E-state index contributed by atoms with van der Waals surface area (Å²) in [5.74, 6) is 1.51. The number of pyridine rings is 2. The van der Waals surface area contributed by atoms with Gasteiger partial charge in [0.2, 0.25) is 5.88 Å². The summed E-state index contributed by atoms with van der Waals surface area (Å²) in [6, 6.07) is 16.3. The molecule has 2 atom stereocenters. The van der Waals surface area contributed by atoms with Gasteiger partial charge in [0.15, 0.2) is 0 Å². The minimum atomic E-state index is 0.000711. The molecular weight excluding hydrogens is 326 g/mol. The second-order valence-electron chi connectivity index (χ2n) is 6.28. The molecule has 4 rings (SSSR count). The van der Waals surface area contributed by atoms with Crippen LogP contribution in [0.4, 0.5) is 0 Å². The molecule has 26 heavy (non-hydrogen) atoms. The van der Waals surface area contributed by atoms with E-state index in [1.54, 1.807) is 20.4 Å². The van der Waals surface area contributed by atoms with E-state index in [2.05, 4.69) is 39.6 Å². The molecule has 1 aromatic carbocycles. The van der Waals surface area contributed by atoms with Crippen molar-refractivity contribution < 1.29 is 9.47 Å². The first-order valence-corrected chi connectivity index (χ1v) is 8.63. The van der Waals surface area contributed by atoms with Crippen LogP contribution in [0, 0.1) is 0 Å². The molecule has 0 radical (unpaired) electrons. The number of fused-ring (bicyclic) bond motifs is 1. The zero-order valence-electron chi connectivity index (χ0n) is 14.8. The van der Waals surface area contributed by atoms with E-state index in [-0.39, 0.29) is 12.1 Å². The molecule has 0 spiro atoms. The lowest BCUT2D eigenvalue weighted by Crippen LogP contribution is -2.34. The summed E-state index contributed by atoms with van der Waals surface area (Å²) in [6.07, 6.45) is 4.41. The van der Waals surface area contributed by atoms with E-state index < -0.39 is 0 Å². The van der Waals surface area contributed by atoms with Gasteiger partial charge in [-0.15, -0.1) is 0 Å². The van der Waals surface area contributed by atoms with Crippen molar-refractivity contribution in [2.45, 2.75) is 18.5 Å². The largest absolute Gasteiger partial charge is 0.497 e. The van der Waals surface area contributed by atoms with Crippen LogP contribution < -0.4 is 14.8 Å². The molecule has 3 heterocycles. The highest BCUT2D eigenvalue weighted by atomic mass is 16.5. The van der Waals surface area contributed by atoms with Crippen molar-refractivity contribution in [2.24, 2.45) is 0 Å². The molecule has 0 unspecified atom stereocenters. The van der Waals surface area contributed by atoms with E-state index in [1.807, 2.05) is 30.5 Å². The van der Waals surface area contributed by atoms with Gasteiger partial charge in [-0.2, -0.15) is 0 Å². The Kier molecular flexibility index (Phi) is 4.54. The van der Waals surface area contributed by atoms with Gasteiger partial charge in [0.25, 0.3) is 0 Å². The van der Waals surface area contributed by atoms with Crippen LogP contribution in [0.5, 0.6) is 11.6 Å². The molecule has 5 nitrogen and oxygen atoms in total. The highest BCUT2D eigenvalue weighted by Gasteiger charge is 2.30. The minimum Gasteiger partial charge on any atom is -0.497 e. The number of nitrogens with one attached hydrogen (secondary N) is 1. The van der Waals surface area contributed by atoms with Gasteiger partial charge in [-0.1, -0.05) is 18.2 Å². The quantitative estimate of drug-likeness (QED) is 0.783. The smallest absolute Gasteiger partial charge is 0.217 e. The number of benzene rings is 1. The van der Waals surface area contributed by atoms with Crippen molar-refractivity contribution in [2.75, 3.05) is 14.2 Å². The highest BCUT2D eigenvalue weighted by Crippen LogP contribution is 2.38. The lowest BCUT2D eigenvalue weighted by Gasteiger charge is -2.33. The molecule has 2 aromatic heterocycles. The molecule has 0 saturated heterocycles. The van der Waals surface area contributed by atoms with Crippen molar-refractivity contribution in [1.82, 2.24) is 15.3 Å². The second-order valence-corrected chi connectivity index (χ2v) is 6.28. The van der Waals surface area contributed by atoms with Crippen molar-refractivity contribution in [1.29, 1.82) is 0 Å². The molecule has 0 saturated carbocycles. The Bertz CT molecular complexity index is 899. The number of ether oxygens (including phenoxy) is 2. The maximum absolute atomic E-state index is 5.48. The maximum atomic E-state index is 5.48. The van der Waals surface area contributed by atoms with Crippen molar-refractivity contribution >= 4 is 0 Å². The molecule has 5 heteroatoms. The number of aromatic nitrogens is 2. The molecule has 3 aromatic rings. The third-order valence-electron chi connectivity index (χ3n) is 4.81. The molecule has 0 fully saturated rings. The molecule has 132 valence electrons. The number of rotatable bonds is 4. The van der Waals surface area contributed by atoms with Crippen molar-refractivity contribution in [3.8, 4) is 11.6 Å². The molecule has 1 N–H and O–H groups in total. The maximum Gasteiger partial charge on any atom is 0.217 e. The number of methoxy groups -OCH3 is 2. The second kappa shape index (κ2) is 7.14. The predicted molar refractivity (Wildman–Crippen MR) is 99.4 cm³/mol. The standard InChI is InChI=1S/C21H21N3O2/c1-25-15-8-9-16-14(12-15)13-19(17-6-5-11-23-21(17)26-2)24-20(16)18-7-3-4-10-22-18/h3-12,19-20,24H,13H2,1-2H3/t19-,20+/m0/s1. The first kappa shape index (κ1) is 16.5. The zero-order chi connectivity index (χ0) is 17.9. The summed E-state index contributed by atoms with van der Waals surface area (Å²) in [4.78, 5) is 8.93. The molecule has 0 bridgehead atoms. The van der Waals surface area contributed by atoms with Crippen LogP contribution >= 0.6 is 0 Å². The van der Waals surface area contributed by atoms with Gasteiger partial charge in [-0.25, -0.2) is 4.98 Å². The van der Waals surface area contributed by atoms with E-state index in [0.29, 0.717) is 5.88 Å². The van der Waals surface area contributed by atoms with Gasteiger partial charge < -0.3 is 9.47 Å². The fourth-order valence-corrected chi connectivity index (χ4v) is 3.57. The lowest BCUT2D eigenvalue weighted by atomic mass is 9.86. The van der Waals surface area contributed by atoms with Crippen molar-refractivity contribution in [3.63, 3.8) is 0 Å². The Balaban J connectivity index is 1.80. The summed E-state index contributed by atoms with van der Waals surface area (Å²) in [6.45, 7) is 0. The SMILES string of the molecule is COc1ccc2c(c1)C[C@@H](c1cccnc1OC)N[C@H]2c1ccccn1. The van der Waals surface area contributed by atoms with E-state index >= 15 is 0 Å². The monoisotopic (exact) mass is 347 g/mol. The highest BCUT2D eigenvalue weighted by molar-refractivity contribution is 5.45. The average molecular weight is 347 g/mol. The van der Waals surface area contributed by atoms with Gasteiger partial charge >= 0.3 is 0 Å². The molecule has 1 aliphatic rings. The Morgan fingerprint density at radius 1 is 0.923 bits per heavy atom. The summed E-state index contributed by atoms with van der Waals surface area (Å²) in [5.41, 5.74) is 4.51. The number of hydrogen-bond acceptors (Lipinski definition) is 5. The van der Waals surface area contributed by atoms with Crippen LogP contribution in [-0.4, -0.2) is 24.2 Å². The summed E-state index contributed by atoms with van der Waals surface area (Å²) in [5, 5.41) is 3.73. The van der Waals surface area contributed by atoms with Crippen LogP contribution in [0.25, 0.3) is 0 Å². The first-order chi connectivity index (χ1) is 12.8. The molecule has 1 aliphatic heterocycles. The van der Waals surface area contributed by atoms with Crippen molar-refractivity contribution in [3.05, 3.63) is 83.3 Å². The predicted octanol–water partition coefficient (Wildman–Crippen LogP) is 3.47. The normalized spacial score (nSPS) is 18.8. The van der Waals surface area contributed by atoms with Crippen LogP contribution in [0.2, 0.25) is 0 Å². The molecular formula is C21H21N3O2. The zero-order valence-corrected chi connectivity index (χ0v) is 14.8. The van der Waals surface area contributed by atoms with E-state index in [0.717, 1.165) is 23.4 Å². The number of hydrogen-bond donors (Lipinski definition) is 1. The van der Waals surface area contributed by atoms with E-state index in [1.165, 1.54) is 11.1 Å². The van der Waals surface area contributed by atoms with E-state index in [9.17, 15) is 0 Å². The molecule has 0 amide bonds. The van der Waals surface area contributed by atoms with Crippen LogP contribution in [0.15, 0.2) is 60.9 Å². The van der Waals surface area contributed by atoms with Crippen LogP contribution in [0.1, 0.15) is 34.5 Å². The van der Waals surface area contributed by atoms with Gasteiger partial charge in [0.05, 0.1) is 26.0 Å². The minimum absolute atomic E-state index is 0.000711. The van der Waals surface area contributed by atoms with Crippen LogP contribution in [0.3, 0.4) is 0 Å². The Hall–Kier alpha value is -2.92. The van der Waals surface area contributed by atoms with Gasteiger partial charge in [-0.05, 0) is 47.9 Å². The Labute approximate surface area is 153 Å². The van der Waals surface area contributed by atoms with Gasteiger partial charge in [0.1, 0.15) is 5.75 Å². The third-order valence-corrected chi connectivity index (χ3v) is 4.81. The Morgan fingerprint density at radius 3 is 2.58 bits per heavy atom.